The van der Waals surface area contributed by atoms with Gasteiger partial charge in [0.15, 0.2) is 0 Å². The van der Waals surface area contributed by atoms with E-state index >= 15 is 0 Å². The molecule has 0 unspecified atom stereocenters. The van der Waals surface area contributed by atoms with Gasteiger partial charge in [0.25, 0.3) is 0 Å². The third-order valence-corrected chi connectivity index (χ3v) is 2.21. The van der Waals surface area contributed by atoms with Crippen LogP contribution >= 0.6 is 0 Å². The van der Waals surface area contributed by atoms with E-state index in [4.69, 9.17) is 15.2 Å². The summed E-state index contributed by atoms with van der Waals surface area (Å²) in [5, 5.41) is 0.938. The number of ether oxygens (including phenoxy) is 2. The predicted octanol–water partition coefficient (Wildman–Crippen LogP) is 1.83. The molecule has 0 bridgehead atoms. The van der Waals surface area contributed by atoms with Crippen LogP contribution in [0.5, 0.6) is 11.6 Å². The Balaban J connectivity index is 2.68. The number of fused-ring (bicyclic) bond motifs is 1. The Morgan fingerprint density at radius 1 is 1.13 bits per heavy atom. The van der Waals surface area contributed by atoms with Crippen molar-refractivity contribution in [3.63, 3.8) is 0 Å². The van der Waals surface area contributed by atoms with E-state index in [1.54, 1.807) is 26.4 Å². The predicted molar refractivity (Wildman–Crippen MR) is 59.3 cm³/mol. The standard InChI is InChI=1S/C11H12N2O2/c1-14-8-5-7-3-4-10(15-2)13-11(7)9(12)6-8/h3-6H,12H2,1-2H3. The largest absolute Gasteiger partial charge is 0.497 e. The number of benzene rings is 1. The molecule has 1 heterocycles. The first-order valence-electron chi connectivity index (χ1n) is 4.53. The molecular weight excluding hydrogens is 192 g/mol. The van der Waals surface area contributed by atoms with Gasteiger partial charge in [-0.3, -0.25) is 0 Å². The Bertz CT molecular complexity index is 497. The van der Waals surface area contributed by atoms with Crippen LogP contribution in [0.4, 0.5) is 5.69 Å². The number of nitrogens with zero attached hydrogens (tertiary/aromatic N) is 1. The Kier molecular flexibility index (Phi) is 2.33. The Morgan fingerprint density at radius 3 is 2.60 bits per heavy atom. The van der Waals surface area contributed by atoms with E-state index in [2.05, 4.69) is 4.98 Å². The van der Waals surface area contributed by atoms with Gasteiger partial charge in [-0.25, -0.2) is 4.98 Å². The number of pyridine rings is 1. The van der Waals surface area contributed by atoms with Crippen LogP contribution in [-0.4, -0.2) is 19.2 Å². The summed E-state index contributed by atoms with van der Waals surface area (Å²) < 4.78 is 10.2. The van der Waals surface area contributed by atoms with Gasteiger partial charge in [0.1, 0.15) is 5.75 Å². The molecule has 1 aromatic heterocycles. The number of anilines is 1. The Morgan fingerprint density at radius 2 is 1.93 bits per heavy atom. The van der Waals surface area contributed by atoms with Crippen molar-refractivity contribution in [2.24, 2.45) is 0 Å². The smallest absolute Gasteiger partial charge is 0.213 e. The molecule has 0 spiro atoms. The molecule has 4 heteroatoms. The van der Waals surface area contributed by atoms with Crippen LogP contribution in [0.2, 0.25) is 0 Å². The monoisotopic (exact) mass is 204 g/mol. The van der Waals surface area contributed by atoms with E-state index in [1.165, 1.54) is 0 Å². The zero-order chi connectivity index (χ0) is 10.8. The normalized spacial score (nSPS) is 10.3. The zero-order valence-corrected chi connectivity index (χ0v) is 8.65. The van der Waals surface area contributed by atoms with Crippen LogP contribution in [0.15, 0.2) is 24.3 Å². The first-order chi connectivity index (χ1) is 7.24. The van der Waals surface area contributed by atoms with Gasteiger partial charge < -0.3 is 15.2 Å². The quantitative estimate of drug-likeness (QED) is 0.758. The van der Waals surface area contributed by atoms with Gasteiger partial charge in [0, 0.05) is 17.5 Å². The lowest BCUT2D eigenvalue weighted by Crippen LogP contribution is -1.94. The number of hydrogen-bond acceptors (Lipinski definition) is 4. The molecule has 2 N–H and O–H groups in total. The van der Waals surface area contributed by atoms with Crippen molar-refractivity contribution >= 4 is 16.6 Å². The van der Waals surface area contributed by atoms with Crippen molar-refractivity contribution in [2.45, 2.75) is 0 Å². The molecule has 15 heavy (non-hydrogen) atoms. The van der Waals surface area contributed by atoms with Crippen molar-refractivity contribution in [2.75, 3.05) is 20.0 Å². The summed E-state index contributed by atoms with van der Waals surface area (Å²) in [6.45, 7) is 0. The van der Waals surface area contributed by atoms with Crippen LogP contribution in [0, 0.1) is 0 Å². The Hall–Kier alpha value is -1.97. The summed E-state index contributed by atoms with van der Waals surface area (Å²) in [4.78, 5) is 4.27. The van der Waals surface area contributed by atoms with E-state index < -0.39 is 0 Å². The maximum absolute atomic E-state index is 5.86. The molecule has 0 aliphatic rings. The highest BCUT2D eigenvalue weighted by atomic mass is 16.5. The molecular formula is C11H12N2O2. The molecule has 0 saturated carbocycles. The third kappa shape index (κ3) is 1.66. The van der Waals surface area contributed by atoms with Crippen molar-refractivity contribution in [1.29, 1.82) is 0 Å². The fourth-order valence-electron chi connectivity index (χ4n) is 1.45. The minimum absolute atomic E-state index is 0.555. The lowest BCUT2D eigenvalue weighted by molar-refractivity contribution is 0.399. The molecule has 78 valence electrons. The highest BCUT2D eigenvalue weighted by Gasteiger charge is 2.04. The van der Waals surface area contributed by atoms with Crippen molar-refractivity contribution in [3.8, 4) is 11.6 Å². The lowest BCUT2D eigenvalue weighted by Gasteiger charge is -2.06. The summed E-state index contributed by atoms with van der Waals surface area (Å²) in [5.41, 5.74) is 7.18. The second kappa shape index (κ2) is 3.65. The first kappa shape index (κ1) is 9.58. The van der Waals surface area contributed by atoms with Crippen molar-refractivity contribution in [3.05, 3.63) is 24.3 Å². The molecule has 2 rings (SSSR count). The summed E-state index contributed by atoms with van der Waals surface area (Å²) in [7, 11) is 3.19. The van der Waals surface area contributed by atoms with Gasteiger partial charge in [-0.05, 0) is 12.1 Å². The molecule has 0 aliphatic heterocycles. The number of nitrogens with two attached hydrogens (primary N) is 1. The number of hydrogen-bond donors (Lipinski definition) is 1. The van der Waals surface area contributed by atoms with Crippen LogP contribution in [0.25, 0.3) is 10.9 Å². The van der Waals surface area contributed by atoms with Gasteiger partial charge in [-0.2, -0.15) is 0 Å². The third-order valence-electron chi connectivity index (χ3n) is 2.21. The van der Waals surface area contributed by atoms with Gasteiger partial charge in [0.05, 0.1) is 25.4 Å². The molecule has 2 aromatic rings. The van der Waals surface area contributed by atoms with E-state index in [-0.39, 0.29) is 0 Å². The maximum Gasteiger partial charge on any atom is 0.213 e. The molecule has 0 atom stereocenters. The van der Waals surface area contributed by atoms with Crippen LogP contribution in [-0.2, 0) is 0 Å². The first-order valence-corrected chi connectivity index (χ1v) is 4.53. The molecule has 0 aliphatic carbocycles. The van der Waals surface area contributed by atoms with Crippen LogP contribution in [0.1, 0.15) is 0 Å². The SMILES string of the molecule is COc1cc(N)c2nc(OC)ccc2c1. The molecule has 1 aromatic carbocycles. The fourth-order valence-corrected chi connectivity index (χ4v) is 1.45. The highest BCUT2D eigenvalue weighted by molar-refractivity contribution is 5.91. The maximum atomic E-state index is 5.86. The second-order valence-corrected chi connectivity index (χ2v) is 3.14. The summed E-state index contributed by atoms with van der Waals surface area (Å²) >= 11 is 0. The molecule has 0 radical (unpaired) electrons. The van der Waals surface area contributed by atoms with E-state index in [9.17, 15) is 0 Å². The van der Waals surface area contributed by atoms with E-state index in [0.29, 0.717) is 11.6 Å². The van der Waals surface area contributed by atoms with Gasteiger partial charge in [0.2, 0.25) is 5.88 Å². The average molecular weight is 204 g/mol. The molecule has 4 nitrogen and oxygen atoms in total. The number of nitrogen functional groups attached to an aromatic ring is 1. The minimum Gasteiger partial charge on any atom is -0.497 e. The summed E-state index contributed by atoms with van der Waals surface area (Å²) in [6, 6.07) is 7.33. The molecule has 0 fully saturated rings. The molecule has 0 saturated heterocycles. The zero-order valence-electron chi connectivity index (χ0n) is 8.65. The second-order valence-electron chi connectivity index (χ2n) is 3.14. The fraction of sp³-hybridized carbons (Fsp3) is 0.182. The van der Waals surface area contributed by atoms with Crippen molar-refractivity contribution < 1.29 is 9.47 Å². The van der Waals surface area contributed by atoms with Crippen LogP contribution in [0.3, 0.4) is 0 Å². The van der Waals surface area contributed by atoms with Gasteiger partial charge in [-0.1, -0.05) is 0 Å². The Labute approximate surface area is 87.6 Å². The van der Waals surface area contributed by atoms with Crippen LogP contribution < -0.4 is 15.2 Å². The van der Waals surface area contributed by atoms with Crippen molar-refractivity contribution in [1.82, 2.24) is 4.98 Å². The van der Waals surface area contributed by atoms with E-state index in [1.807, 2.05) is 12.1 Å². The summed E-state index contributed by atoms with van der Waals surface area (Å²) in [6.07, 6.45) is 0. The number of aromatic nitrogens is 1. The average Bonchev–Trinajstić information content (AvgIpc) is 2.28. The highest BCUT2D eigenvalue weighted by Crippen LogP contribution is 2.27. The number of methoxy groups -OCH3 is 2. The lowest BCUT2D eigenvalue weighted by atomic mass is 10.2. The minimum atomic E-state index is 0.555. The molecule has 0 amide bonds. The topological polar surface area (TPSA) is 57.4 Å². The van der Waals surface area contributed by atoms with Gasteiger partial charge >= 0.3 is 0 Å². The summed E-state index contributed by atoms with van der Waals surface area (Å²) in [5.74, 6) is 1.28. The van der Waals surface area contributed by atoms with E-state index in [0.717, 1.165) is 16.7 Å². The number of rotatable bonds is 2. The van der Waals surface area contributed by atoms with Gasteiger partial charge in [-0.15, -0.1) is 0 Å².